The highest BCUT2D eigenvalue weighted by atomic mass is 16.4. The monoisotopic (exact) mass is 224 g/mol. The van der Waals surface area contributed by atoms with Crippen LogP contribution in [0.1, 0.15) is 31.7 Å². The molecule has 0 atom stereocenters. The van der Waals surface area contributed by atoms with Crippen molar-refractivity contribution >= 4 is 5.97 Å². The number of hydrogen-bond donors (Lipinski definition) is 2. The molecule has 0 fully saturated rings. The molecule has 0 aliphatic carbocycles. The molecule has 1 aromatic rings. The quantitative estimate of drug-likeness (QED) is 0.781. The molecular weight excluding hydrogens is 208 g/mol. The van der Waals surface area contributed by atoms with Crippen LogP contribution < -0.4 is 5.56 Å². The number of carboxylic acids is 1. The van der Waals surface area contributed by atoms with E-state index in [0.717, 1.165) is 0 Å². The normalized spacial score (nSPS) is 10.7. The van der Waals surface area contributed by atoms with Crippen molar-refractivity contribution in [2.75, 3.05) is 0 Å². The predicted octanol–water partition coefficient (Wildman–Crippen LogP) is 0.986. The topological polar surface area (TPSA) is 83.0 Å². The van der Waals surface area contributed by atoms with Crippen LogP contribution in [0.25, 0.3) is 0 Å². The van der Waals surface area contributed by atoms with Crippen LogP contribution in [0.5, 0.6) is 0 Å². The van der Waals surface area contributed by atoms with E-state index < -0.39 is 5.97 Å². The number of aromatic nitrogens is 2. The Morgan fingerprint density at radius 3 is 2.75 bits per heavy atom. The molecule has 88 valence electrons. The van der Waals surface area contributed by atoms with Crippen LogP contribution >= 0.6 is 0 Å². The standard InChI is InChI=1S/C11H16N2O3/c1-7(2)5-9-12-6-8(11(16)13-9)3-4-10(14)15/h6-7H,3-5H2,1-2H3,(H,14,15)(H,12,13,16). The first kappa shape index (κ1) is 12.4. The van der Waals surface area contributed by atoms with E-state index in [4.69, 9.17) is 5.11 Å². The van der Waals surface area contributed by atoms with Gasteiger partial charge in [0.05, 0.1) is 0 Å². The average Bonchev–Trinajstić information content (AvgIpc) is 2.15. The second-order valence-electron chi connectivity index (χ2n) is 4.18. The summed E-state index contributed by atoms with van der Waals surface area (Å²) in [6.45, 7) is 4.08. The minimum Gasteiger partial charge on any atom is -0.481 e. The Hall–Kier alpha value is -1.65. The molecule has 0 aliphatic rings. The SMILES string of the molecule is CC(C)Cc1ncc(CCC(=O)O)c(=O)[nH]1. The van der Waals surface area contributed by atoms with Gasteiger partial charge in [-0.25, -0.2) is 4.98 Å². The highest BCUT2D eigenvalue weighted by Gasteiger charge is 2.06. The highest BCUT2D eigenvalue weighted by Crippen LogP contribution is 2.01. The number of aliphatic carboxylic acids is 1. The summed E-state index contributed by atoms with van der Waals surface area (Å²) >= 11 is 0. The Morgan fingerprint density at radius 2 is 2.25 bits per heavy atom. The molecule has 1 rings (SSSR count). The third-order valence-corrected chi connectivity index (χ3v) is 2.14. The van der Waals surface area contributed by atoms with Gasteiger partial charge in [0.2, 0.25) is 0 Å². The maximum absolute atomic E-state index is 11.5. The van der Waals surface area contributed by atoms with Gasteiger partial charge in [0.1, 0.15) is 5.82 Å². The lowest BCUT2D eigenvalue weighted by atomic mass is 10.1. The molecule has 0 spiro atoms. The van der Waals surface area contributed by atoms with Gasteiger partial charge in [0, 0.05) is 24.6 Å². The minimum atomic E-state index is -0.911. The van der Waals surface area contributed by atoms with E-state index in [1.54, 1.807) is 0 Å². The number of aromatic amines is 1. The average molecular weight is 224 g/mol. The molecule has 0 aromatic carbocycles. The molecule has 1 heterocycles. The van der Waals surface area contributed by atoms with Crippen LogP contribution in [0.3, 0.4) is 0 Å². The van der Waals surface area contributed by atoms with Crippen LogP contribution in [-0.2, 0) is 17.6 Å². The van der Waals surface area contributed by atoms with Crippen molar-refractivity contribution in [3.05, 3.63) is 27.9 Å². The fraction of sp³-hybridized carbons (Fsp3) is 0.545. The Kier molecular flexibility index (Phi) is 4.22. The number of H-pyrrole nitrogens is 1. The van der Waals surface area contributed by atoms with Crippen LogP contribution in [-0.4, -0.2) is 21.0 Å². The number of aryl methyl sites for hydroxylation is 1. The van der Waals surface area contributed by atoms with Gasteiger partial charge < -0.3 is 10.1 Å². The zero-order valence-corrected chi connectivity index (χ0v) is 9.49. The van der Waals surface area contributed by atoms with E-state index >= 15 is 0 Å². The molecule has 0 saturated carbocycles. The summed E-state index contributed by atoms with van der Waals surface area (Å²) < 4.78 is 0. The molecular formula is C11H16N2O3. The van der Waals surface area contributed by atoms with Crippen molar-refractivity contribution in [3.63, 3.8) is 0 Å². The maximum atomic E-state index is 11.5. The number of carboxylic acid groups (broad SMARTS) is 1. The predicted molar refractivity (Wildman–Crippen MR) is 59.4 cm³/mol. The van der Waals surface area contributed by atoms with Gasteiger partial charge in [-0.15, -0.1) is 0 Å². The molecule has 0 unspecified atom stereocenters. The summed E-state index contributed by atoms with van der Waals surface area (Å²) in [5.74, 6) is 0.165. The molecule has 0 radical (unpaired) electrons. The van der Waals surface area contributed by atoms with Crippen LogP contribution in [0, 0.1) is 5.92 Å². The first-order valence-corrected chi connectivity index (χ1v) is 5.28. The summed E-state index contributed by atoms with van der Waals surface area (Å²) in [6, 6.07) is 0. The van der Waals surface area contributed by atoms with Crippen molar-refractivity contribution in [1.82, 2.24) is 9.97 Å². The molecule has 16 heavy (non-hydrogen) atoms. The van der Waals surface area contributed by atoms with E-state index in [0.29, 0.717) is 23.7 Å². The number of rotatable bonds is 5. The number of hydrogen-bond acceptors (Lipinski definition) is 3. The van der Waals surface area contributed by atoms with Crippen LogP contribution in [0.2, 0.25) is 0 Å². The number of nitrogens with zero attached hydrogens (tertiary/aromatic N) is 1. The first-order valence-electron chi connectivity index (χ1n) is 5.28. The molecule has 0 saturated heterocycles. The van der Waals surface area contributed by atoms with Gasteiger partial charge in [-0.1, -0.05) is 13.8 Å². The fourth-order valence-electron chi connectivity index (χ4n) is 1.37. The van der Waals surface area contributed by atoms with Crippen LogP contribution in [0.15, 0.2) is 11.0 Å². The van der Waals surface area contributed by atoms with Crippen molar-refractivity contribution in [2.45, 2.75) is 33.1 Å². The van der Waals surface area contributed by atoms with E-state index in [-0.39, 0.29) is 18.4 Å². The van der Waals surface area contributed by atoms with Gasteiger partial charge in [-0.2, -0.15) is 0 Å². The lowest BCUT2D eigenvalue weighted by Gasteiger charge is -2.04. The summed E-state index contributed by atoms with van der Waals surface area (Å²) in [6.07, 6.45) is 2.36. The number of nitrogens with one attached hydrogen (secondary N) is 1. The zero-order valence-electron chi connectivity index (χ0n) is 9.49. The molecule has 5 nitrogen and oxygen atoms in total. The Balaban J connectivity index is 2.75. The third kappa shape index (κ3) is 3.84. The van der Waals surface area contributed by atoms with Crippen molar-refractivity contribution in [1.29, 1.82) is 0 Å². The Labute approximate surface area is 93.5 Å². The Morgan fingerprint density at radius 1 is 1.56 bits per heavy atom. The van der Waals surface area contributed by atoms with Crippen molar-refractivity contribution in [3.8, 4) is 0 Å². The second-order valence-corrected chi connectivity index (χ2v) is 4.18. The van der Waals surface area contributed by atoms with Crippen molar-refractivity contribution < 1.29 is 9.90 Å². The van der Waals surface area contributed by atoms with E-state index in [1.165, 1.54) is 6.20 Å². The van der Waals surface area contributed by atoms with Gasteiger partial charge in [-0.05, 0) is 12.3 Å². The second kappa shape index (κ2) is 5.44. The Bertz CT molecular complexity index is 423. The molecule has 5 heteroatoms. The van der Waals surface area contributed by atoms with E-state index in [2.05, 4.69) is 9.97 Å². The lowest BCUT2D eigenvalue weighted by Crippen LogP contribution is -2.18. The minimum absolute atomic E-state index is 0.0473. The molecule has 0 aliphatic heterocycles. The van der Waals surface area contributed by atoms with E-state index in [9.17, 15) is 9.59 Å². The number of carbonyl (C=O) groups is 1. The molecule has 0 amide bonds. The van der Waals surface area contributed by atoms with Gasteiger partial charge in [0.15, 0.2) is 0 Å². The molecule has 0 bridgehead atoms. The molecule has 2 N–H and O–H groups in total. The molecule has 1 aromatic heterocycles. The summed E-state index contributed by atoms with van der Waals surface area (Å²) in [7, 11) is 0. The smallest absolute Gasteiger partial charge is 0.303 e. The summed E-state index contributed by atoms with van der Waals surface area (Å²) in [4.78, 5) is 28.7. The van der Waals surface area contributed by atoms with Gasteiger partial charge in [-0.3, -0.25) is 9.59 Å². The third-order valence-electron chi connectivity index (χ3n) is 2.14. The van der Waals surface area contributed by atoms with Gasteiger partial charge in [0.25, 0.3) is 5.56 Å². The maximum Gasteiger partial charge on any atom is 0.303 e. The highest BCUT2D eigenvalue weighted by molar-refractivity contribution is 5.67. The first-order chi connectivity index (χ1) is 7.49. The summed E-state index contributed by atoms with van der Waals surface area (Å²) in [5, 5.41) is 8.51. The zero-order chi connectivity index (χ0) is 12.1. The van der Waals surface area contributed by atoms with Crippen LogP contribution in [0.4, 0.5) is 0 Å². The van der Waals surface area contributed by atoms with E-state index in [1.807, 2.05) is 13.8 Å². The lowest BCUT2D eigenvalue weighted by molar-refractivity contribution is -0.136. The van der Waals surface area contributed by atoms with Crippen molar-refractivity contribution in [2.24, 2.45) is 5.92 Å². The summed E-state index contributed by atoms with van der Waals surface area (Å²) in [5.41, 5.74) is 0.196. The fourth-order valence-corrected chi connectivity index (χ4v) is 1.37. The van der Waals surface area contributed by atoms with Gasteiger partial charge >= 0.3 is 5.97 Å². The largest absolute Gasteiger partial charge is 0.481 e.